The van der Waals surface area contributed by atoms with E-state index in [4.69, 9.17) is 4.74 Å². The molecule has 2 rings (SSSR count). The minimum atomic E-state index is -0.224. The van der Waals surface area contributed by atoms with Gasteiger partial charge in [-0.05, 0) is 12.0 Å². The average molecular weight is 306 g/mol. The molecule has 1 aromatic carbocycles. The van der Waals surface area contributed by atoms with E-state index in [0.717, 1.165) is 65.3 Å². The molecule has 0 saturated carbocycles. The molecule has 0 aliphatic carbocycles. The second-order valence-electron chi connectivity index (χ2n) is 6.12. The SMILES string of the molecule is CCC[C@H](O)CN(CCN1CCOCC1)Cc1ccccc1. The Balaban J connectivity index is 1.85. The van der Waals surface area contributed by atoms with E-state index in [1.54, 1.807) is 0 Å². The van der Waals surface area contributed by atoms with Gasteiger partial charge in [-0.25, -0.2) is 0 Å². The summed E-state index contributed by atoms with van der Waals surface area (Å²) in [6, 6.07) is 10.5. The number of hydrogen-bond donors (Lipinski definition) is 1. The molecule has 0 unspecified atom stereocenters. The van der Waals surface area contributed by atoms with Gasteiger partial charge < -0.3 is 9.84 Å². The lowest BCUT2D eigenvalue weighted by Crippen LogP contribution is -2.42. The van der Waals surface area contributed by atoms with E-state index in [0.29, 0.717) is 0 Å². The monoisotopic (exact) mass is 306 g/mol. The number of rotatable bonds is 9. The normalized spacial score (nSPS) is 17.8. The van der Waals surface area contributed by atoms with E-state index in [1.807, 2.05) is 6.07 Å². The van der Waals surface area contributed by atoms with Gasteiger partial charge in [0.05, 0.1) is 19.3 Å². The summed E-state index contributed by atoms with van der Waals surface area (Å²) < 4.78 is 5.40. The molecular weight excluding hydrogens is 276 g/mol. The lowest BCUT2D eigenvalue weighted by Gasteiger charge is -2.31. The molecule has 1 atom stereocenters. The Hall–Kier alpha value is -0.940. The van der Waals surface area contributed by atoms with Crippen LogP contribution in [0.15, 0.2) is 30.3 Å². The summed E-state index contributed by atoms with van der Waals surface area (Å²) in [5.74, 6) is 0. The van der Waals surface area contributed by atoms with Gasteiger partial charge in [-0.1, -0.05) is 43.7 Å². The summed E-state index contributed by atoms with van der Waals surface area (Å²) in [7, 11) is 0. The highest BCUT2D eigenvalue weighted by Gasteiger charge is 2.15. The fraction of sp³-hybridized carbons (Fsp3) is 0.667. The van der Waals surface area contributed by atoms with E-state index in [1.165, 1.54) is 5.56 Å². The molecule has 0 amide bonds. The van der Waals surface area contributed by atoms with Gasteiger partial charge in [0.2, 0.25) is 0 Å². The lowest BCUT2D eigenvalue weighted by molar-refractivity contribution is 0.0287. The molecule has 1 aliphatic heterocycles. The summed E-state index contributed by atoms with van der Waals surface area (Å²) in [6.45, 7) is 9.57. The van der Waals surface area contributed by atoms with E-state index >= 15 is 0 Å². The van der Waals surface area contributed by atoms with Crippen molar-refractivity contribution in [2.24, 2.45) is 0 Å². The van der Waals surface area contributed by atoms with E-state index < -0.39 is 0 Å². The van der Waals surface area contributed by atoms with Crippen molar-refractivity contribution in [2.45, 2.75) is 32.4 Å². The molecule has 1 N–H and O–H groups in total. The van der Waals surface area contributed by atoms with Gasteiger partial charge in [-0.15, -0.1) is 0 Å². The van der Waals surface area contributed by atoms with Gasteiger partial charge >= 0.3 is 0 Å². The number of ether oxygens (including phenoxy) is 1. The zero-order valence-electron chi connectivity index (χ0n) is 13.8. The molecule has 0 aromatic heterocycles. The molecule has 1 aromatic rings. The third-order valence-corrected chi connectivity index (χ3v) is 4.18. The summed E-state index contributed by atoms with van der Waals surface area (Å²) in [4.78, 5) is 4.83. The Kier molecular flexibility index (Phi) is 7.88. The zero-order valence-corrected chi connectivity index (χ0v) is 13.8. The first-order valence-electron chi connectivity index (χ1n) is 8.52. The van der Waals surface area contributed by atoms with Crippen LogP contribution in [0, 0.1) is 0 Å². The Labute approximate surface area is 134 Å². The topological polar surface area (TPSA) is 35.9 Å². The van der Waals surface area contributed by atoms with Crippen LogP contribution in [0.25, 0.3) is 0 Å². The van der Waals surface area contributed by atoms with Crippen LogP contribution in [0.5, 0.6) is 0 Å². The highest BCUT2D eigenvalue weighted by molar-refractivity contribution is 5.14. The van der Waals surface area contributed by atoms with Gasteiger partial charge in [0.1, 0.15) is 0 Å². The van der Waals surface area contributed by atoms with Crippen molar-refractivity contribution >= 4 is 0 Å². The van der Waals surface area contributed by atoms with Crippen molar-refractivity contribution < 1.29 is 9.84 Å². The zero-order chi connectivity index (χ0) is 15.6. The number of nitrogens with zero attached hydrogens (tertiary/aromatic N) is 2. The number of morpholine rings is 1. The first-order chi connectivity index (χ1) is 10.8. The second kappa shape index (κ2) is 9.95. The van der Waals surface area contributed by atoms with Crippen molar-refractivity contribution in [1.82, 2.24) is 9.80 Å². The van der Waals surface area contributed by atoms with Crippen LogP contribution in [0.4, 0.5) is 0 Å². The van der Waals surface area contributed by atoms with Crippen molar-refractivity contribution in [3.8, 4) is 0 Å². The van der Waals surface area contributed by atoms with Gasteiger partial charge in [0, 0.05) is 39.3 Å². The molecule has 0 radical (unpaired) electrons. The first-order valence-corrected chi connectivity index (χ1v) is 8.52. The Morgan fingerprint density at radius 1 is 1.23 bits per heavy atom. The minimum absolute atomic E-state index is 0.224. The smallest absolute Gasteiger partial charge is 0.0667 e. The molecular formula is C18H30N2O2. The van der Waals surface area contributed by atoms with E-state index in [9.17, 15) is 5.11 Å². The van der Waals surface area contributed by atoms with Crippen molar-refractivity contribution in [3.05, 3.63) is 35.9 Å². The summed E-state index contributed by atoms with van der Waals surface area (Å²) in [5.41, 5.74) is 1.31. The average Bonchev–Trinajstić information content (AvgIpc) is 2.55. The molecule has 22 heavy (non-hydrogen) atoms. The summed E-state index contributed by atoms with van der Waals surface area (Å²) >= 11 is 0. The van der Waals surface area contributed by atoms with Crippen LogP contribution in [0.3, 0.4) is 0 Å². The molecule has 124 valence electrons. The molecule has 0 bridgehead atoms. The molecule has 1 heterocycles. The van der Waals surface area contributed by atoms with Crippen LogP contribution in [0.1, 0.15) is 25.3 Å². The molecule has 0 spiro atoms. The Morgan fingerprint density at radius 2 is 1.95 bits per heavy atom. The Morgan fingerprint density at radius 3 is 2.64 bits per heavy atom. The third kappa shape index (κ3) is 6.44. The number of benzene rings is 1. The van der Waals surface area contributed by atoms with Crippen molar-refractivity contribution in [1.29, 1.82) is 0 Å². The molecule has 1 aliphatic rings. The Bertz CT molecular complexity index is 393. The van der Waals surface area contributed by atoms with Gasteiger partial charge in [-0.3, -0.25) is 9.80 Å². The maximum absolute atomic E-state index is 10.2. The predicted octanol–water partition coefficient (Wildman–Crippen LogP) is 1.98. The van der Waals surface area contributed by atoms with Crippen molar-refractivity contribution in [3.63, 3.8) is 0 Å². The lowest BCUT2D eigenvalue weighted by atomic mass is 10.1. The van der Waals surface area contributed by atoms with Crippen LogP contribution >= 0.6 is 0 Å². The molecule has 1 saturated heterocycles. The van der Waals surface area contributed by atoms with E-state index in [-0.39, 0.29) is 6.10 Å². The van der Waals surface area contributed by atoms with Crippen LogP contribution in [-0.2, 0) is 11.3 Å². The van der Waals surface area contributed by atoms with Gasteiger partial charge in [-0.2, -0.15) is 0 Å². The van der Waals surface area contributed by atoms with Crippen LogP contribution < -0.4 is 0 Å². The number of aliphatic hydroxyl groups is 1. The highest BCUT2D eigenvalue weighted by Crippen LogP contribution is 2.08. The maximum atomic E-state index is 10.2. The fourth-order valence-corrected chi connectivity index (χ4v) is 2.91. The molecule has 1 fully saturated rings. The first kappa shape index (κ1) is 17.4. The quantitative estimate of drug-likeness (QED) is 0.757. The molecule has 4 heteroatoms. The standard InChI is InChI=1S/C18H30N2O2/c1-2-6-18(21)16-20(15-17-7-4-3-5-8-17)10-9-19-11-13-22-14-12-19/h3-5,7-8,18,21H,2,6,9-16H2,1H3/t18-/m0/s1. The fourth-order valence-electron chi connectivity index (χ4n) is 2.91. The van der Waals surface area contributed by atoms with Crippen LogP contribution in [-0.4, -0.2) is 66.9 Å². The molecule has 4 nitrogen and oxygen atoms in total. The third-order valence-electron chi connectivity index (χ3n) is 4.18. The van der Waals surface area contributed by atoms with E-state index in [2.05, 4.69) is 41.0 Å². The maximum Gasteiger partial charge on any atom is 0.0667 e. The van der Waals surface area contributed by atoms with Gasteiger partial charge in [0.25, 0.3) is 0 Å². The number of hydrogen-bond acceptors (Lipinski definition) is 4. The highest BCUT2D eigenvalue weighted by atomic mass is 16.5. The predicted molar refractivity (Wildman–Crippen MR) is 89.9 cm³/mol. The number of aliphatic hydroxyl groups excluding tert-OH is 1. The van der Waals surface area contributed by atoms with Gasteiger partial charge in [0.15, 0.2) is 0 Å². The summed E-state index contributed by atoms with van der Waals surface area (Å²) in [5, 5.41) is 10.2. The van der Waals surface area contributed by atoms with Crippen molar-refractivity contribution in [2.75, 3.05) is 45.9 Å². The second-order valence-corrected chi connectivity index (χ2v) is 6.12. The minimum Gasteiger partial charge on any atom is -0.392 e. The summed E-state index contributed by atoms with van der Waals surface area (Å²) in [6.07, 6.45) is 1.69. The van der Waals surface area contributed by atoms with Crippen LogP contribution in [0.2, 0.25) is 0 Å². The largest absolute Gasteiger partial charge is 0.392 e.